The van der Waals surface area contributed by atoms with E-state index in [2.05, 4.69) is 25.8 Å². The monoisotopic (exact) mass is 493 g/mol. The molecule has 0 radical (unpaired) electrons. The molecule has 1 amide bonds. The van der Waals surface area contributed by atoms with Crippen LogP contribution in [0.15, 0.2) is 52.3 Å². The molecule has 4 nitrogen and oxygen atoms in total. The summed E-state index contributed by atoms with van der Waals surface area (Å²) in [7, 11) is 0. The number of piperazine rings is 1. The first-order valence-corrected chi connectivity index (χ1v) is 11.2. The second kappa shape index (κ2) is 8.92. The van der Waals surface area contributed by atoms with Crippen LogP contribution in [-0.2, 0) is 6.54 Å². The molecule has 3 aromatic rings. The maximum absolute atomic E-state index is 13.1. The van der Waals surface area contributed by atoms with Crippen molar-refractivity contribution in [1.82, 2.24) is 14.8 Å². The van der Waals surface area contributed by atoms with E-state index < -0.39 is 0 Å². The number of carbonyl (C=O) groups is 1. The van der Waals surface area contributed by atoms with Gasteiger partial charge in [0.1, 0.15) is 10.8 Å². The van der Waals surface area contributed by atoms with Gasteiger partial charge in [-0.05, 0) is 42.5 Å². The average Bonchev–Trinajstić information content (AvgIpc) is 3.19. The lowest BCUT2D eigenvalue weighted by atomic mass is 10.2. The van der Waals surface area contributed by atoms with Gasteiger partial charge >= 0.3 is 0 Å². The lowest BCUT2D eigenvalue weighted by Crippen LogP contribution is -2.48. The Morgan fingerprint density at radius 1 is 1.14 bits per heavy atom. The van der Waals surface area contributed by atoms with Crippen molar-refractivity contribution in [2.45, 2.75) is 6.54 Å². The van der Waals surface area contributed by atoms with E-state index in [-0.39, 0.29) is 11.7 Å². The fraction of sp³-hybridized carbons (Fsp3) is 0.238. The van der Waals surface area contributed by atoms with Crippen molar-refractivity contribution < 1.29 is 9.18 Å². The Labute approximate surface area is 186 Å². The Morgan fingerprint density at radius 2 is 1.86 bits per heavy atom. The van der Waals surface area contributed by atoms with Crippen molar-refractivity contribution >= 4 is 44.8 Å². The van der Waals surface area contributed by atoms with Gasteiger partial charge in [-0.2, -0.15) is 0 Å². The summed E-state index contributed by atoms with van der Waals surface area (Å²) in [6, 6.07) is 11.7. The molecular formula is C21H18BrClFN3OS. The molecule has 0 unspecified atom stereocenters. The average molecular weight is 495 g/mol. The fourth-order valence-corrected chi connectivity index (χ4v) is 4.67. The molecule has 0 aliphatic carbocycles. The van der Waals surface area contributed by atoms with Crippen molar-refractivity contribution in [3.05, 3.63) is 73.7 Å². The van der Waals surface area contributed by atoms with Gasteiger partial charge in [-0.3, -0.25) is 9.69 Å². The minimum absolute atomic E-state index is 0.0382. The molecular weight excluding hydrogens is 477 g/mol. The van der Waals surface area contributed by atoms with E-state index in [1.165, 1.54) is 12.1 Å². The SMILES string of the molecule is O=C(c1cc(Br)ccc1Cl)N1CCN(Cc2nc(-c3ccc(F)cc3)cs2)CC1. The number of amides is 1. The second-order valence-electron chi connectivity index (χ2n) is 6.83. The number of hydrogen-bond donors (Lipinski definition) is 0. The Morgan fingerprint density at radius 3 is 2.59 bits per heavy atom. The summed E-state index contributed by atoms with van der Waals surface area (Å²) in [5, 5.41) is 3.48. The predicted octanol–water partition coefficient (Wildman–Crippen LogP) is 5.32. The molecule has 0 atom stereocenters. The number of halogens is 3. The van der Waals surface area contributed by atoms with E-state index in [1.807, 2.05) is 16.3 Å². The van der Waals surface area contributed by atoms with Gasteiger partial charge in [-0.15, -0.1) is 11.3 Å². The van der Waals surface area contributed by atoms with E-state index >= 15 is 0 Å². The summed E-state index contributed by atoms with van der Waals surface area (Å²) in [5.74, 6) is -0.287. The van der Waals surface area contributed by atoms with Gasteiger partial charge in [-0.1, -0.05) is 27.5 Å². The largest absolute Gasteiger partial charge is 0.336 e. The van der Waals surface area contributed by atoms with Crippen LogP contribution in [0.4, 0.5) is 4.39 Å². The van der Waals surface area contributed by atoms with E-state index in [1.54, 1.807) is 35.6 Å². The highest BCUT2D eigenvalue weighted by molar-refractivity contribution is 9.10. The zero-order valence-corrected chi connectivity index (χ0v) is 18.6. The maximum Gasteiger partial charge on any atom is 0.255 e. The summed E-state index contributed by atoms with van der Waals surface area (Å²) in [6.07, 6.45) is 0. The first-order valence-electron chi connectivity index (χ1n) is 9.16. The summed E-state index contributed by atoms with van der Waals surface area (Å²) in [4.78, 5) is 21.6. The van der Waals surface area contributed by atoms with Gasteiger partial charge in [0.25, 0.3) is 5.91 Å². The van der Waals surface area contributed by atoms with Crippen LogP contribution in [0.3, 0.4) is 0 Å². The van der Waals surface area contributed by atoms with Crippen LogP contribution in [0, 0.1) is 5.82 Å². The zero-order valence-electron chi connectivity index (χ0n) is 15.4. The molecule has 8 heteroatoms. The Kier molecular flexibility index (Phi) is 6.29. The Balaban J connectivity index is 1.35. The highest BCUT2D eigenvalue weighted by Crippen LogP contribution is 2.25. The minimum atomic E-state index is -0.249. The highest BCUT2D eigenvalue weighted by Gasteiger charge is 2.24. The number of benzene rings is 2. The van der Waals surface area contributed by atoms with Crippen molar-refractivity contribution in [3.8, 4) is 11.3 Å². The smallest absolute Gasteiger partial charge is 0.255 e. The first-order chi connectivity index (χ1) is 14.0. The van der Waals surface area contributed by atoms with Crippen molar-refractivity contribution in [2.24, 2.45) is 0 Å². The summed E-state index contributed by atoms with van der Waals surface area (Å²) >= 11 is 11.2. The van der Waals surface area contributed by atoms with Gasteiger partial charge in [0.15, 0.2) is 0 Å². The lowest BCUT2D eigenvalue weighted by Gasteiger charge is -2.34. The molecule has 1 saturated heterocycles. The number of aromatic nitrogens is 1. The van der Waals surface area contributed by atoms with Crippen molar-refractivity contribution in [2.75, 3.05) is 26.2 Å². The third-order valence-electron chi connectivity index (χ3n) is 4.87. The Bertz CT molecular complexity index is 1020. The second-order valence-corrected chi connectivity index (χ2v) is 9.09. The van der Waals surface area contributed by atoms with Crippen molar-refractivity contribution in [3.63, 3.8) is 0 Å². The van der Waals surface area contributed by atoms with Crippen LogP contribution >= 0.6 is 38.9 Å². The zero-order chi connectivity index (χ0) is 20.4. The normalized spacial score (nSPS) is 14.9. The number of carbonyl (C=O) groups excluding carboxylic acids is 1. The molecule has 4 rings (SSSR count). The van der Waals surface area contributed by atoms with Gasteiger partial charge in [0, 0.05) is 41.6 Å². The van der Waals surface area contributed by atoms with Gasteiger partial charge in [0.2, 0.25) is 0 Å². The van der Waals surface area contributed by atoms with Crippen LogP contribution in [0.1, 0.15) is 15.4 Å². The number of nitrogens with zero attached hydrogens (tertiary/aromatic N) is 3. The Hall–Kier alpha value is -1.80. The standard InChI is InChI=1S/C21H18BrClFN3OS/c22-15-3-6-18(23)17(11-15)21(28)27-9-7-26(8-10-27)12-20-25-19(13-29-20)14-1-4-16(24)5-2-14/h1-6,11,13H,7-10,12H2. The molecule has 1 aliphatic rings. The summed E-state index contributed by atoms with van der Waals surface area (Å²) in [6.45, 7) is 3.60. The van der Waals surface area contributed by atoms with E-state index in [0.717, 1.165) is 40.4 Å². The van der Waals surface area contributed by atoms with E-state index in [4.69, 9.17) is 11.6 Å². The minimum Gasteiger partial charge on any atom is -0.336 e. The van der Waals surface area contributed by atoms with E-state index in [0.29, 0.717) is 23.7 Å². The maximum atomic E-state index is 13.1. The molecule has 29 heavy (non-hydrogen) atoms. The van der Waals surface area contributed by atoms with Crippen LogP contribution in [0.5, 0.6) is 0 Å². The molecule has 0 spiro atoms. The molecule has 2 aromatic carbocycles. The molecule has 2 heterocycles. The molecule has 0 bridgehead atoms. The highest BCUT2D eigenvalue weighted by atomic mass is 79.9. The fourth-order valence-electron chi connectivity index (χ4n) is 3.27. The third kappa shape index (κ3) is 4.86. The molecule has 1 aromatic heterocycles. The lowest BCUT2D eigenvalue weighted by molar-refractivity contribution is 0.0628. The number of thiazole rings is 1. The predicted molar refractivity (Wildman–Crippen MR) is 118 cm³/mol. The van der Waals surface area contributed by atoms with Gasteiger partial charge < -0.3 is 4.90 Å². The van der Waals surface area contributed by atoms with Crippen LogP contribution in [0.2, 0.25) is 5.02 Å². The quantitative estimate of drug-likeness (QED) is 0.492. The molecule has 1 aliphatic heterocycles. The molecule has 1 fully saturated rings. The summed E-state index contributed by atoms with van der Waals surface area (Å²) < 4.78 is 13.9. The van der Waals surface area contributed by atoms with Crippen LogP contribution in [-0.4, -0.2) is 46.9 Å². The van der Waals surface area contributed by atoms with Gasteiger partial charge in [-0.25, -0.2) is 9.37 Å². The van der Waals surface area contributed by atoms with Crippen molar-refractivity contribution in [1.29, 1.82) is 0 Å². The third-order valence-corrected chi connectivity index (χ3v) is 6.53. The summed E-state index contributed by atoms with van der Waals surface area (Å²) in [5.41, 5.74) is 2.30. The molecule has 0 N–H and O–H groups in total. The number of rotatable bonds is 4. The molecule has 150 valence electrons. The van der Waals surface area contributed by atoms with Crippen LogP contribution in [0.25, 0.3) is 11.3 Å². The van der Waals surface area contributed by atoms with E-state index in [9.17, 15) is 9.18 Å². The number of hydrogen-bond acceptors (Lipinski definition) is 4. The first kappa shape index (κ1) is 20.5. The topological polar surface area (TPSA) is 36.4 Å². The van der Waals surface area contributed by atoms with Gasteiger partial charge in [0.05, 0.1) is 22.8 Å². The molecule has 0 saturated carbocycles. The van der Waals surface area contributed by atoms with Crippen LogP contribution < -0.4 is 0 Å².